The van der Waals surface area contributed by atoms with Crippen LogP contribution in [0.3, 0.4) is 0 Å². The summed E-state index contributed by atoms with van der Waals surface area (Å²) in [5.41, 5.74) is 1.46. The molecule has 0 saturated carbocycles. The monoisotopic (exact) mass is 279 g/mol. The minimum atomic E-state index is 0.338. The van der Waals surface area contributed by atoms with Crippen LogP contribution in [0.4, 0.5) is 0 Å². The molecule has 1 aromatic carbocycles. The Labute approximate surface area is 121 Å². The summed E-state index contributed by atoms with van der Waals surface area (Å²) in [6.07, 6.45) is 2.24. The molecule has 1 aliphatic heterocycles. The number of hydrogen-bond acceptors (Lipinski definition) is 4. The standard InChI is InChI=1S/C16H25NO3/c1-16(7-9-20-10-8-16)12-17-11-13-5-4-6-14(18-2)15(13)19-3/h4-6,17H,7-12H2,1-3H3. The molecule has 1 N–H and O–H groups in total. The molecule has 0 radical (unpaired) electrons. The lowest BCUT2D eigenvalue weighted by molar-refractivity contribution is 0.0240. The van der Waals surface area contributed by atoms with E-state index in [4.69, 9.17) is 14.2 Å². The zero-order chi connectivity index (χ0) is 14.4. The van der Waals surface area contributed by atoms with Crippen LogP contribution >= 0.6 is 0 Å². The lowest BCUT2D eigenvalue weighted by Gasteiger charge is -2.33. The van der Waals surface area contributed by atoms with Gasteiger partial charge in [-0.1, -0.05) is 19.1 Å². The zero-order valence-corrected chi connectivity index (χ0v) is 12.7. The number of benzene rings is 1. The Balaban J connectivity index is 1.93. The maximum atomic E-state index is 5.45. The summed E-state index contributed by atoms with van der Waals surface area (Å²) >= 11 is 0. The van der Waals surface area contributed by atoms with Crippen molar-refractivity contribution in [3.05, 3.63) is 23.8 Å². The molecule has 0 aliphatic carbocycles. The van der Waals surface area contributed by atoms with Crippen LogP contribution in [0, 0.1) is 5.41 Å². The predicted octanol–water partition coefficient (Wildman–Crippen LogP) is 2.61. The Morgan fingerprint density at radius 2 is 1.95 bits per heavy atom. The number of rotatable bonds is 6. The summed E-state index contributed by atoms with van der Waals surface area (Å²) in [6, 6.07) is 5.98. The summed E-state index contributed by atoms with van der Waals surface area (Å²) in [7, 11) is 3.35. The zero-order valence-electron chi connectivity index (χ0n) is 12.7. The largest absolute Gasteiger partial charge is 0.493 e. The van der Waals surface area contributed by atoms with E-state index in [9.17, 15) is 0 Å². The summed E-state index contributed by atoms with van der Waals surface area (Å²) in [6.45, 7) is 5.86. The molecule has 0 unspecified atom stereocenters. The first-order chi connectivity index (χ1) is 9.68. The number of nitrogens with one attached hydrogen (secondary N) is 1. The third-order valence-electron chi connectivity index (χ3n) is 4.05. The van der Waals surface area contributed by atoms with Crippen molar-refractivity contribution in [2.24, 2.45) is 5.41 Å². The maximum Gasteiger partial charge on any atom is 0.165 e. The quantitative estimate of drug-likeness (QED) is 0.869. The molecule has 20 heavy (non-hydrogen) atoms. The van der Waals surface area contributed by atoms with Gasteiger partial charge in [-0.15, -0.1) is 0 Å². The van der Waals surface area contributed by atoms with Gasteiger partial charge in [-0.2, -0.15) is 0 Å². The summed E-state index contributed by atoms with van der Waals surface area (Å²) < 4.78 is 16.2. The smallest absolute Gasteiger partial charge is 0.165 e. The molecule has 0 bridgehead atoms. The molecule has 1 aliphatic rings. The fourth-order valence-corrected chi connectivity index (χ4v) is 2.63. The van der Waals surface area contributed by atoms with E-state index in [1.54, 1.807) is 14.2 Å². The first kappa shape index (κ1) is 15.1. The highest BCUT2D eigenvalue weighted by atomic mass is 16.5. The molecule has 1 saturated heterocycles. The van der Waals surface area contributed by atoms with Crippen molar-refractivity contribution in [2.75, 3.05) is 34.0 Å². The van der Waals surface area contributed by atoms with Gasteiger partial charge in [0, 0.05) is 31.9 Å². The number of methoxy groups -OCH3 is 2. The Morgan fingerprint density at radius 1 is 1.20 bits per heavy atom. The molecule has 4 heteroatoms. The van der Waals surface area contributed by atoms with Gasteiger partial charge in [-0.3, -0.25) is 0 Å². The average Bonchev–Trinajstić information content (AvgIpc) is 2.47. The van der Waals surface area contributed by atoms with Crippen molar-refractivity contribution in [1.82, 2.24) is 5.32 Å². The highest BCUT2D eigenvalue weighted by Crippen LogP contribution is 2.31. The van der Waals surface area contributed by atoms with Crippen molar-refractivity contribution in [2.45, 2.75) is 26.3 Å². The molecular weight excluding hydrogens is 254 g/mol. The molecule has 0 amide bonds. The summed E-state index contributed by atoms with van der Waals surface area (Å²) in [5.74, 6) is 1.60. The molecule has 112 valence electrons. The van der Waals surface area contributed by atoms with Crippen LogP contribution in [-0.4, -0.2) is 34.0 Å². The van der Waals surface area contributed by atoms with Gasteiger partial charge in [0.25, 0.3) is 0 Å². The van der Waals surface area contributed by atoms with Crippen LogP contribution in [-0.2, 0) is 11.3 Å². The molecule has 2 rings (SSSR count). The minimum absolute atomic E-state index is 0.338. The van der Waals surface area contributed by atoms with Crippen molar-refractivity contribution >= 4 is 0 Å². The van der Waals surface area contributed by atoms with E-state index in [0.717, 1.165) is 56.2 Å². The van der Waals surface area contributed by atoms with Gasteiger partial charge >= 0.3 is 0 Å². The van der Waals surface area contributed by atoms with Crippen LogP contribution in [0.25, 0.3) is 0 Å². The summed E-state index contributed by atoms with van der Waals surface area (Å²) in [5, 5.41) is 3.55. The van der Waals surface area contributed by atoms with Gasteiger partial charge in [0.1, 0.15) is 0 Å². The molecule has 1 fully saturated rings. The second kappa shape index (κ2) is 6.95. The first-order valence-electron chi connectivity index (χ1n) is 7.17. The molecule has 1 heterocycles. The Hall–Kier alpha value is -1.26. The Bertz CT molecular complexity index is 428. The van der Waals surface area contributed by atoms with E-state index < -0.39 is 0 Å². The highest BCUT2D eigenvalue weighted by molar-refractivity contribution is 5.46. The molecule has 0 aromatic heterocycles. The third-order valence-corrected chi connectivity index (χ3v) is 4.05. The average molecular weight is 279 g/mol. The minimum Gasteiger partial charge on any atom is -0.493 e. The van der Waals surface area contributed by atoms with E-state index in [1.807, 2.05) is 12.1 Å². The third kappa shape index (κ3) is 3.64. The van der Waals surface area contributed by atoms with Crippen LogP contribution in [0.2, 0.25) is 0 Å². The predicted molar refractivity (Wildman–Crippen MR) is 79.4 cm³/mol. The van der Waals surface area contributed by atoms with Crippen LogP contribution in [0.15, 0.2) is 18.2 Å². The highest BCUT2D eigenvalue weighted by Gasteiger charge is 2.26. The lowest BCUT2D eigenvalue weighted by Crippen LogP contribution is -2.36. The number of ether oxygens (including phenoxy) is 3. The molecule has 0 atom stereocenters. The van der Waals surface area contributed by atoms with E-state index in [2.05, 4.69) is 18.3 Å². The van der Waals surface area contributed by atoms with Crippen LogP contribution < -0.4 is 14.8 Å². The van der Waals surface area contributed by atoms with E-state index in [1.165, 1.54) is 0 Å². The van der Waals surface area contributed by atoms with Crippen molar-refractivity contribution in [3.8, 4) is 11.5 Å². The second-order valence-electron chi connectivity index (χ2n) is 5.68. The van der Waals surface area contributed by atoms with Gasteiger partial charge in [-0.05, 0) is 24.3 Å². The Kier molecular flexibility index (Phi) is 5.26. The first-order valence-corrected chi connectivity index (χ1v) is 7.17. The molecule has 4 nitrogen and oxygen atoms in total. The van der Waals surface area contributed by atoms with Gasteiger partial charge in [0.2, 0.25) is 0 Å². The van der Waals surface area contributed by atoms with Gasteiger partial charge < -0.3 is 19.5 Å². The molecular formula is C16H25NO3. The SMILES string of the molecule is COc1cccc(CNCC2(C)CCOCC2)c1OC. The van der Waals surface area contributed by atoms with E-state index in [0.29, 0.717) is 5.41 Å². The van der Waals surface area contributed by atoms with Gasteiger partial charge in [0.15, 0.2) is 11.5 Å². The van der Waals surface area contributed by atoms with E-state index >= 15 is 0 Å². The van der Waals surface area contributed by atoms with Crippen molar-refractivity contribution < 1.29 is 14.2 Å². The van der Waals surface area contributed by atoms with Crippen LogP contribution in [0.5, 0.6) is 11.5 Å². The normalized spacial score (nSPS) is 17.8. The topological polar surface area (TPSA) is 39.7 Å². The lowest BCUT2D eigenvalue weighted by atomic mass is 9.82. The van der Waals surface area contributed by atoms with Crippen LogP contribution in [0.1, 0.15) is 25.3 Å². The maximum absolute atomic E-state index is 5.45. The van der Waals surface area contributed by atoms with Gasteiger partial charge in [0.05, 0.1) is 14.2 Å². The fourth-order valence-electron chi connectivity index (χ4n) is 2.63. The number of para-hydroxylation sites is 1. The summed E-state index contributed by atoms with van der Waals surface area (Å²) in [4.78, 5) is 0. The fraction of sp³-hybridized carbons (Fsp3) is 0.625. The van der Waals surface area contributed by atoms with Crippen molar-refractivity contribution in [1.29, 1.82) is 0 Å². The second-order valence-corrected chi connectivity index (χ2v) is 5.68. The van der Waals surface area contributed by atoms with Crippen molar-refractivity contribution in [3.63, 3.8) is 0 Å². The number of hydrogen-bond donors (Lipinski definition) is 1. The Morgan fingerprint density at radius 3 is 2.60 bits per heavy atom. The molecule has 0 spiro atoms. The van der Waals surface area contributed by atoms with Gasteiger partial charge in [-0.25, -0.2) is 0 Å². The molecule has 1 aromatic rings. The van der Waals surface area contributed by atoms with E-state index in [-0.39, 0.29) is 0 Å².